The molecule has 2 amide bonds. The topological polar surface area (TPSA) is 102 Å². The number of rotatable bonds is 5. The number of hydrogen-bond donors (Lipinski definition) is 3. The minimum Gasteiger partial charge on any atom is -0.480 e. The predicted molar refractivity (Wildman–Crippen MR) is 77.2 cm³/mol. The Morgan fingerprint density at radius 2 is 2.25 bits per heavy atom. The zero-order valence-corrected chi connectivity index (χ0v) is 12.0. The maximum Gasteiger partial charge on any atom is 0.326 e. The van der Waals surface area contributed by atoms with Gasteiger partial charge in [0.15, 0.2) is 0 Å². The first-order chi connectivity index (χ1) is 9.47. The summed E-state index contributed by atoms with van der Waals surface area (Å²) in [5, 5.41) is 22.6. The number of hydrogen-bond acceptors (Lipinski definition) is 3. The van der Waals surface area contributed by atoms with Crippen molar-refractivity contribution in [3.63, 3.8) is 0 Å². The van der Waals surface area contributed by atoms with E-state index in [9.17, 15) is 9.59 Å². The van der Waals surface area contributed by atoms with Crippen molar-refractivity contribution >= 4 is 33.6 Å². The normalized spacial score (nSPS) is 11.0. The minimum atomic E-state index is -1.16. The van der Waals surface area contributed by atoms with Crippen molar-refractivity contribution in [2.75, 3.05) is 5.32 Å². The van der Waals surface area contributed by atoms with E-state index in [1.54, 1.807) is 12.1 Å². The van der Waals surface area contributed by atoms with Crippen LogP contribution in [0.2, 0.25) is 0 Å². The zero-order valence-electron chi connectivity index (χ0n) is 10.4. The van der Waals surface area contributed by atoms with Crippen LogP contribution in [0.4, 0.5) is 10.5 Å². The third-order valence-corrected chi connectivity index (χ3v) is 2.85. The Morgan fingerprint density at radius 1 is 1.55 bits per heavy atom. The van der Waals surface area contributed by atoms with Crippen LogP contribution in [0.15, 0.2) is 35.3 Å². The summed E-state index contributed by atoms with van der Waals surface area (Å²) in [5.74, 6) is -1.16. The van der Waals surface area contributed by atoms with Gasteiger partial charge in [-0.05, 0) is 24.6 Å². The molecule has 0 saturated carbocycles. The lowest BCUT2D eigenvalue weighted by Gasteiger charge is -2.14. The molecule has 0 heterocycles. The molecule has 0 aliphatic rings. The molecule has 1 unspecified atom stereocenters. The van der Waals surface area contributed by atoms with Gasteiger partial charge in [0, 0.05) is 4.47 Å². The first-order valence-corrected chi connectivity index (χ1v) is 6.38. The molecular formula is C13H12BrN3O3. The highest BCUT2D eigenvalue weighted by Crippen LogP contribution is 2.20. The molecule has 104 valence electrons. The van der Waals surface area contributed by atoms with Crippen molar-refractivity contribution in [2.24, 2.45) is 0 Å². The third-order valence-electron chi connectivity index (χ3n) is 2.36. The molecule has 0 spiro atoms. The van der Waals surface area contributed by atoms with Crippen molar-refractivity contribution in [1.29, 1.82) is 5.26 Å². The number of amides is 2. The zero-order chi connectivity index (χ0) is 15.1. The molecule has 1 aromatic rings. The first-order valence-electron chi connectivity index (χ1n) is 5.58. The molecule has 0 aliphatic carbocycles. The smallest absolute Gasteiger partial charge is 0.326 e. The Hall–Kier alpha value is -2.33. The van der Waals surface area contributed by atoms with Crippen LogP contribution in [0, 0.1) is 11.3 Å². The molecule has 0 fully saturated rings. The number of carbonyl (C=O) groups is 2. The highest BCUT2D eigenvalue weighted by Gasteiger charge is 2.18. The summed E-state index contributed by atoms with van der Waals surface area (Å²) in [6.45, 7) is 3.43. The Morgan fingerprint density at radius 3 is 2.80 bits per heavy atom. The van der Waals surface area contributed by atoms with Crippen molar-refractivity contribution in [3.05, 3.63) is 40.9 Å². The van der Waals surface area contributed by atoms with E-state index in [4.69, 9.17) is 10.4 Å². The molecule has 0 aliphatic heterocycles. The van der Waals surface area contributed by atoms with Gasteiger partial charge in [0.2, 0.25) is 0 Å². The number of carboxylic acids is 1. The van der Waals surface area contributed by atoms with Crippen molar-refractivity contribution < 1.29 is 14.7 Å². The number of carbonyl (C=O) groups excluding carboxylic acids is 1. The van der Waals surface area contributed by atoms with Crippen molar-refractivity contribution in [3.8, 4) is 6.07 Å². The van der Waals surface area contributed by atoms with Gasteiger partial charge in [0.1, 0.15) is 12.1 Å². The Kier molecular flexibility index (Phi) is 5.74. The lowest BCUT2D eigenvalue weighted by molar-refractivity contribution is -0.139. The highest BCUT2D eigenvalue weighted by molar-refractivity contribution is 9.10. The van der Waals surface area contributed by atoms with Crippen LogP contribution in [0.3, 0.4) is 0 Å². The number of halogens is 1. The predicted octanol–water partition coefficient (Wildman–Crippen LogP) is 2.47. The van der Waals surface area contributed by atoms with Crippen LogP contribution in [0.1, 0.15) is 12.0 Å². The molecule has 1 rings (SSSR count). The summed E-state index contributed by atoms with van der Waals surface area (Å²) in [6.07, 6.45) is 1.51. The fourth-order valence-corrected chi connectivity index (χ4v) is 1.78. The van der Waals surface area contributed by atoms with E-state index in [0.29, 0.717) is 10.2 Å². The van der Waals surface area contributed by atoms with Gasteiger partial charge in [-0.1, -0.05) is 22.0 Å². The van der Waals surface area contributed by atoms with Gasteiger partial charge in [-0.25, -0.2) is 9.59 Å². The standard InChI is InChI=1S/C13H12BrN3O3/c1-2-3-10(12(18)19)16-13(20)17-11-6-9(14)5-4-8(11)7-15/h2,4-6,10H,1,3H2,(H,18,19)(H2,16,17,20). The van der Waals surface area contributed by atoms with Crippen molar-refractivity contribution in [2.45, 2.75) is 12.5 Å². The van der Waals surface area contributed by atoms with Crippen LogP contribution in [-0.4, -0.2) is 23.1 Å². The number of carboxylic acid groups (broad SMARTS) is 1. The van der Waals surface area contributed by atoms with Crippen LogP contribution < -0.4 is 10.6 Å². The molecule has 20 heavy (non-hydrogen) atoms. The van der Waals surface area contributed by atoms with E-state index in [1.165, 1.54) is 12.1 Å². The average molecular weight is 338 g/mol. The summed E-state index contributed by atoms with van der Waals surface area (Å²) in [6, 6.07) is 4.93. The second-order valence-electron chi connectivity index (χ2n) is 3.82. The number of nitrogens with one attached hydrogen (secondary N) is 2. The second-order valence-corrected chi connectivity index (χ2v) is 4.73. The minimum absolute atomic E-state index is 0.104. The SMILES string of the molecule is C=CCC(NC(=O)Nc1cc(Br)ccc1C#N)C(=O)O. The number of benzene rings is 1. The van der Waals surface area contributed by atoms with E-state index in [2.05, 4.69) is 33.1 Å². The maximum absolute atomic E-state index is 11.7. The van der Waals surface area contributed by atoms with Gasteiger partial charge < -0.3 is 15.7 Å². The van der Waals surface area contributed by atoms with Gasteiger partial charge in [0.25, 0.3) is 0 Å². The summed E-state index contributed by atoms with van der Waals surface area (Å²) < 4.78 is 0.688. The molecule has 1 aromatic carbocycles. The van der Waals surface area contributed by atoms with Crippen LogP contribution in [-0.2, 0) is 4.79 Å². The molecular weight excluding hydrogens is 326 g/mol. The van der Waals surface area contributed by atoms with Gasteiger partial charge >= 0.3 is 12.0 Å². The summed E-state index contributed by atoms with van der Waals surface area (Å²) in [7, 11) is 0. The third kappa shape index (κ3) is 4.40. The van der Waals surface area contributed by atoms with E-state index in [1.807, 2.05) is 6.07 Å². The fraction of sp³-hybridized carbons (Fsp3) is 0.154. The summed E-state index contributed by atoms with van der Waals surface area (Å²) >= 11 is 3.23. The van der Waals surface area contributed by atoms with Crippen LogP contribution in [0.25, 0.3) is 0 Å². The molecule has 0 aromatic heterocycles. The number of urea groups is 1. The van der Waals surface area contributed by atoms with E-state index < -0.39 is 18.0 Å². The van der Waals surface area contributed by atoms with E-state index >= 15 is 0 Å². The maximum atomic E-state index is 11.7. The van der Waals surface area contributed by atoms with Gasteiger partial charge in [0.05, 0.1) is 11.3 Å². The molecule has 0 radical (unpaired) electrons. The van der Waals surface area contributed by atoms with Crippen LogP contribution >= 0.6 is 15.9 Å². The lowest BCUT2D eigenvalue weighted by Crippen LogP contribution is -2.42. The van der Waals surface area contributed by atoms with E-state index in [0.717, 1.165) is 0 Å². The quantitative estimate of drug-likeness (QED) is 0.718. The molecule has 0 bridgehead atoms. The monoisotopic (exact) mass is 337 g/mol. The summed E-state index contributed by atoms with van der Waals surface area (Å²) in [5.41, 5.74) is 0.570. The Bertz CT molecular complexity index is 581. The molecule has 6 nitrogen and oxygen atoms in total. The number of nitrogens with zero attached hydrogens (tertiary/aromatic N) is 1. The lowest BCUT2D eigenvalue weighted by atomic mass is 10.2. The van der Waals surface area contributed by atoms with E-state index in [-0.39, 0.29) is 12.0 Å². The fourth-order valence-electron chi connectivity index (χ4n) is 1.42. The highest BCUT2D eigenvalue weighted by atomic mass is 79.9. The van der Waals surface area contributed by atoms with Gasteiger partial charge in [-0.15, -0.1) is 6.58 Å². The second kappa shape index (κ2) is 7.31. The average Bonchev–Trinajstić information content (AvgIpc) is 2.38. The molecule has 1 atom stereocenters. The van der Waals surface area contributed by atoms with Gasteiger partial charge in [-0.2, -0.15) is 5.26 Å². The molecule has 0 saturated heterocycles. The molecule has 3 N–H and O–H groups in total. The van der Waals surface area contributed by atoms with Crippen molar-refractivity contribution in [1.82, 2.24) is 5.32 Å². The number of anilines is 1. The molecule has 7 heteroatoms. The largest absolute Gasteiger partial charge is 0.480 e. The Labute approximate surface area is 124 Å². The van der Waals surface area contributed by atoms with Crippen LogP contribution in [0.5, 0.6) is 0 Å². The number of nitriles is 1. The van der Waals surface area contributed by atoms with Gasteiger partial charge in [-0.3, -0.25) is 0 Å². The Balaban J connectivity index is 2.80. The summed E-state index contributed by atoms with van der Waals surface area (Å²) in [4.78, 5) is 22.6. The first kappa shape index (κ1) is 15.7. The number of aliphatic carboxylic acids is 1.